The van der Waals surface area contributed by atoms with Gasteiger partial charge in [0.05, 0.1) is 28.3 Å². The first-order valence-electron chi connectivity index (χ1n) is 19.0. The minimum atomic E-state index is 0.741. The van der Waals surface area contributed by atoms with Gasteiger partial charge in [-0.25, -0.2) is 9.98 Å². The van der Waals surface area contributed by atoms with Gasteiger partial charge >= 0.3 is 0 Å². The van der Waals surface area contributed by atoms with E-state index in [1.165, 1.54) is 20.2 Å². The van der Waals surface area contributed by atoms with Gasteiger partial charge in [0, 0.05) is 58.4 Å². The summed E-state index contributed by atoms with van der Waals surface area (Å²) < 4.78 is 2.48. The highest BCUT2D eigenvalue weighted by Crippen LogP contribution is 2.56. The summed E-state index contributed by atoms with van der Waals surface area (Å²) in [6.45, 7) is 0. The van der Waals surface area contributed by atoms with Crippen LogP contribution in [0.2, 0.25) is 0 Å². The Morgan fingerprint density at radius 3 is 1.98 bits per heavy atom. The quantitative estimate of drug-likeness (QED) is 0.176. The maximum Gasteiger partial charge on any atom is 0.106 e. The Morgan fingerprint density at radius 2 is 1.12 bits per heavy atom. The van der Waals surface area contributed by atoms with Gasteiger partial charge < -0.3 is 0 Å². The Kier molecular flexibility index (Phi) is 7.03. The summed E-state index contributed by atoms with van der Waals surface area (Å²) in [6, 6.07) is 60.1. The number of benzene rings is 8. The summed E-state index contributed by atoms with van der Waals surface area (Å²) in [7, 11) is 0. The zero-order chi connectivity index (χ0) is 37.5. The molecule has 12 rings (SSSR count). The lowest BCUT2D eigenvalue weighted by Gasteiger charge is -2.22. The Balaban J connectivity index is 1.29. The molecule has 0 aliphatic carbocycles. The van der Waals surface area contributed by atoms with Crippen molar-refractivity contribution < 1.29 is 0 Å². The van der Waals surface area contributed by atoms with Crippen LogP contribution in [0.4, 0.5) is 11.4 Å². The van der Waals surface area contributed by atoms with Crippen molar-refractivity contribution in [2.45, 2.75) is 0 Å². The second-order valence-electron chi connectivity index (χ2n) is 14.4. The van der Waals surface area contributed by atoms with Gasteiger partial charge in [-0.1, -0.05) is 133 Å². The Hall–Kier alpha value is -7.41. The fourth-order valence-corrected chi connectivity index (χ4v) is 10.0. The Labute approximate surface area is 331 Å². The molecule has 0 atom stereocenters. The van der Waals surface area contributed by atoms with E-state index in [-0.39, 0.29) is 0 Å². The number of para-hydroxylation sites is 1. The lowest BCUT2D eigenvalue weighted by atomic mass is 9.81. The normalized spacial score (nSPS) is 12.1. The molecule has 0 saturated heterocycles. The van der Waals surface area contributed by atoms with E-state index in [9.17, 15) is 0 Å². The van der Waals surface area contributed by atoms with Crippen molar-refractivity contribution in [2.75, 3.05) is 0 Å². The summed E-state index contributed by atoms with van der Waals surface area (Å²) in [5, 5.41) is 20.5. The van der Waals surface area contributed by atoms with Crippen molar-refractivity contribution in [3.8, 4) is 66.9 Å². The largest absolute Gasteiger partial charge is 0.248 e. The Bertz CT molecular complexity index is 3520. The first-order valence-corrected chi connectivity index (χ1v) is 19.8. The number of hydrogen-bond acceptors (Lipinski definition) is 6. The van der Waals surface area contributed by atoms with Gasteiger partial charge in [-0.2, -0.15) is 0 Å². The molecule has 2 aliphatic heterocycles. The average molecular weight is 744 g/mol. The standard InChI is InChI=1S/C51H29N5S/c1-3-14-30(15-4-1)32-18-7-8-19-33(32)39-29-52-56-55-51(39)49-46(37-22-13-25-44-45(37)36-21-10-12-24-43(36)57-44)38(31-16-5-2-6-17-31)28-42-47(49)48-41(53-42)27-26-35-34-20-9-11-23-40(34)54-50(35)48/h1-29H. The van der Waals surface area contributed by atoms with Crippen LogP contribution in [0.25, 0.3) is 87.1 Å². The summed E-state index contributed by atoms with van der Waals surface area (Å²) in [4.78, 5) is 10.7. The molecule has 2 aliphatic rings. The predicted molar refractivity (Wildman–Crippen MR) is 231 cm³/mol. The summed E-state index contributed by atoms with van der Waals surface area (Å²) >= 11 is 1.83. The van der Waals surface area contributed by atoms with E-state index >= 15 is 0 Å². The third kappa shape index (κ3) is 4.84. The van der Waals surface area contributed by atoms with Crippen LogP contribution in [0.3, 0.4) is 0 Å². The van der Waals surface area contributed by atoms with Crippen molar-refractivity contribution in [2.24, 2.45) is 9.98 Å². The van der Waals surface area contributed by atoms with Gasteiger partial charge in [-0.3, -0.25) is 0 Å². The molecular weight excluding hydrogens is 715 g/mol. The number of hydrogen-bond donors (Lipinski definition) is 0. The maximum atomic E-state index is 5.41. The van der Waals surface area contributed by atoms with E-state index in [1.807, 2.05) is 17.5 Å². The zero-order valence-corrected chi connectivity index (χ0v) is 31.2. The Morgan fingerprint density at radius 1 is 0.421 bits per heavy atom. The summed E-state index contributed by atoms with van der Waals surface area (Å²) in [5.74, 6) is 0. The highest BCUT2D eigenvalue weighted by Gasteiger charge is 2.32. The van der Waals surface area contributed by atoms with Gasteiger partial charge in [-0.15, -0.1) is 21.5 Å². The van der Waals surface area contributed by atoms with E-state index in [2.05, 4.69) is 180 Å². The SMILES string of the molecule is c1ccc(-c2ccccc2-c2cnnnc2-c2c3c(cc(-c4ccccc4)c2-c2cccc4sc5ccccc5c24)N=c2ccc4c(c2-3)N=c2ccccc2=4)cc1. The molecule has 0 fully saturated rings. The van der Waals surface area contributed by atoms with Crippen LogP contribution in [0.15, 0.2) is 186 Å². The molecule has 0 radical (unpaired) electrons. The average Bonchev–Trinajstić information content (AvgIpc) is 3.98. The van der Waals surface area contributed by atoms with Gasteiger partial charge in [-0.05, 0) is 75.0 Å². The minimum absolute atomic E-state index is 0.741. The molecule has 8 aromatic carbocycles. The smallest absolute Gasteiger partial charge is 0.106 e. The maximum absolute atomic E-state index is 5.41. The second kappa shape index (κ2) is 12.6. The minimum Gasteiger partial charge on any atom is -0.248 e. The van der Waals surface area contributed by atoms with Crippen LogP contribution in [0, 0.1) is 10.4 Å². The van der Waals surface area contributed by atoms with E-state index in [0.717, 1.165) is 99.4 Å². The third-order valence-electron chi connectivity index (χ3n) is 11.3. The summed E-state index contributed by atoms with van der Waals surface area (Å²) in [5.41, 5.74) is 14.0. The number of fused-ring (bicyclic) bond motifs is 9. The van der Waals surface area contributed by atoms with Crippen LogP contribution in [-0.4, -0.2) is 15.4 Å². The number of rotatable bonds is 5. The first kappa shape index (κ1) is 31.9. The van der Waals surface area contributed by atoms with Gasteiger partial charge in [0.1, 0.15) is 5.69 Å². The van der Waals surface area contributed by atoms with Crippen LogP contribution >= 0.6 is 11.3 Å². The third-order valence-corrected chi connectivity index (χ3v) is 12.4. The second-order valence-corrected chi connectivity index (χ2v) is 15.5. The predicted octanol–water partition coefficient (Wildman–Crippen LogP) is 12.1. The van der Waals surface area contributed by atoms with E-state index in [4.69, 9.17) is 15.1 Å². The molecule has 2 aromatic heterocycles. The molecule has 57 heavy (non-hydrogen) atoms. The van der Waals surface area contributed by atoms with Crippen molar-refractivity contribution in [1.82, 2.24) is 15.4 Å². The first-order chi connectivity index (χ1) is 28.3. The molecule has 6 heteroatoms. The van der Waals surface area contributed by atoms with Crippen molar-refractivity contribution in [3.63, 3.8) is 0 Å². The summed E-state index contributed by atoms with van der Waals surface area (Å²) in [6.07, 6.45) is 1.87. The number of thiophene rings is 1. The van der Waals surface area contributed by atoms with Gasteiger partial charge in [0.2, 0.25) is 0 Å². The fourth-order valence-electron chi connectivity index (χ4n) is 8.90. The highest BCUT2D eigenvalue weighted by atomic mass is 32.1. The number of aromatic nitrogens is 3. The van der Waals surface area contributed by atoms with Gasteiger partial charge in [0.25, 0.3) is 0 Å². The zero-order valence-electron chi connectivity index (χ0n) is 30.4. The van der Waals surface area contributed by atoms with Crippen LogP contribution in [0.5, 0.6) is 0 Å². The van der Waals surface area contributed by atoms with E-state index < -0.39 is 0 Å². The van der Waals surface area contributed by atoms with Gasteiger partial charge in [0.15, 0.2) is 0 Å². The van der Waals surface area contributed by atoms with Crippen LogP contribution in [-0.2, 0) is 0 Å². The van der Waals surface area contributed by atoms with Crippen molar-refractivity contribution >= 4 is 42.9 Å². The van der Waals surface area contributed by atoms with E-state index in [0.29, 0.717) is 0 Å². The molecule has 5 nitrogen and oxygen atoms in total. The lowest BCUT2D eigenvalue weighted by molar-refractivity contribution is 0.873. The molecule has 0 N–H and O–H groups in total. The monoisotopic (exact) mass is 743 g/mol. The molecule has 4 heterocycles. The molecule has 0 spiro atoms. The van der Waals surface area contributed by atoms with Crippen LogP contribution < -0.4 is 10.7 Å². The number of nitrogens with zero attached hydrogens (tertiary/aromatic N) is 5. The van der Waals surface area contributed by atoms with Crippen LogP contribution in [0.1, 0.15) is 0 Å². The molecule has 0 unspecified atom stereocenters. The molecule has 0 bridgehead atoms. The fraction of sp³-hybridized carbons (Fsp3) is 0. The topological polar surface area (TPSA) is 63.4 Å². The lowest BCUT2D eigenvalue weighted by Crippen LogP contribution is -2.04. The van der Waals surface area contributed by atoms with E-state index in [1.54, 1.807) is 0 Å². The molecular formula is C51H29N5S. The van der Waals surface area contributed by atoms with Crippen molar-refractivity contribution in [1.29, 1.82) is 0 Å². The molecule has 264 valence electrons. The molecule has 0 amide bonds. The molecule has 0 saturated carbocycles. The highest BCUT2D eigenvalue weighted by molar-refractivity contribution is 7.25. The molecule has 10 aromatic rings. The van der Waals surface area contributed by atoms with Crippen molar-refractivity contribution in [3.05, 3.63) is 197 Å².